The van der Waals surface area contributed by atoms with Gasteiger partial charge < -0.3 is 5.73 Å². The van der Waals surface area contributed by atoms with Gasteiger partial charge in [-0.25, -0.2) is 9.97 Å². The number of anilines is 2. The maximum absolute atomic E-state index is 5.99. The van der Waals surface area contributed by atoms with Crippen molar-refractivity contribution in [3.63, 3.8) is 0 Å². The largest absolute Gasteiger partial charge is 0.382 e. The number of aromatic nitrogens is 3. The van der Waals surface area contributed by atoms with Crippen molar-refractivity contribution < 1.29 is 0 Å². The van der Waals surface area contributed by atoms with Crippen molar-refractivity contribution in [2.75, 3.05) is 11.2 Å². The summed E-state index contributed by atoms with van der Waals surface area (Å²) in [7, 11) is 0. The second-order valence-electron chi connectivity index (χ2n) is 3.48. The molecule has 3 N–H and O–H groups in total. The molecule has 5 nitrogen and oxygen atoms in total. The molecule has 2 heterocycles. The maximum atomic E-state index is 5.99. The lowest BCUT2D eigenvalue weighted by Crippen LogP contribution is -2.14. The second kappa shape index (κ2) is 4.02. The number of hydrogen-bond donors (Lipinski definition) is 2. The summed E-state index contributed by atoms with van der Waals surface area (Å²) >= 11 is 5.99. The number of aryl methyl sites for hydroxylation is 2. The van der Waals surface area contributed by atoms with E-state index in [4.69, 9.17) is 17.3 Å². The first-order valence-corrected chi connectivity index (χ1v) is 5.15. The van der Waals surface area contributed by atoms with E-state index in [-0.39, 0.29) is 5.82 Å². The van der Waals surface area contributed by atoms with Crippen LogP contribution in [-0.4, -0.2) is 14.6 Å². The Balaban J connectivity index is 2.38. The van der Waals surface area contributed by atoms with Gasteiger partial charge >= 0.3 is 0 Å². The first-order valence-electron chi connectivity index (χ1n) is 4.77. The fourth-order valence-corrected chi connectivity index (χ4v) is 1.55. The molecule has 2 aromatic heterocycles. The van der Waals surface area contributed by atoms with Crippen molar-refractivity contribution >= 4 is 23.2 Å². The minimum absolute atomic E-state index is 0.265. The van der Waals surface area contributed by atoms with Gasteiger partial charge in [0.05, 0.1) is 0 Å². The summed E-state index contributed by atoms with van der Waals surface area (Å²) in [5, 5.41) is 0.329. The Hall–Kier alpha value is -1.75. The van der Waals surface area contributed by atoms with E-state index in [1.165, 1.54) is 6.33 Å². The van der Waals surface area contributed by atoms with Gasteiger partial charge in [0.2, 0.25) is 0 Å². The average molecular weight is 238 g/mol. The number of nitrogens with two attached hydrogens (primary N) is 1. The van der Waals surface area contributed by atoms with Gasteiger partial charge in [0.1, 0.15) is 17.2 Å². The summed E-state index contributed by atoms with van der Waals surface area (Å²) in [5.41, 5.74) is 10.8. The van der Waals surface area contributed by atoms with Gasteiger partial charge in [-0.2, -0.15) is 0 Å². The Kier molecular flexibility index (Phi) is 2.70. The lowest BCUT2D eigenvalue weighted by Gasteiger charge is -2.13. The van der Waals surface area contributed by atoms with Gasteiger partial charge in [0, 0.05) is 11.4 Å². The first-order chi connectivity index (χ1) is 7.59. The number of nitrogens with one attached hydrogen (secondary N) is 1. The molecule has 0 radical (unpaired) electrons. The first kappa shape index (κ1) is 10.8. The third-order valence-electron chi connectivity index (χ3n) is 2.31. The molecule has 0 fully saturated rings. The van der Waals surface area contributed by atoms with Crippen LogP contribution in [0.15, 0.2) is 18.5 Å². The lowest BCUT2D eigenvalue weighted by atomic mass is 10.5. The number of rotatable bonds is 2. The van der Waals surface area contributed by atoms with Crippen LogP contribution in [0.3, 0.4) is 0 Å². The smallest absolute Gasteiger partial charge is 0.169 e. The Labute approximate surface area is 98.2 Å². The molecule has 0 aliphatic heterocycles. The number of nitrogen functional groups attached to an aromatic ring is 1. The third-order valence-corrected chi connectivity index (χ3v) is 2.68. The van der Waals surface area contributed by atoms with Crippen LogP contribution in [-0.2, 0) is 0 Å². The topological polar surface area (TPSA) is 68.8 Å². The van der Waals surface area contributed by atoms with E-state index in [2.05, 4.69) is 15.4 Å². The fourth-order valence-electron chi connectivity index (χ4n) is 1.41. The second-order valence-corrected chi connectivity index (χ2v) is 3.86. The predicted molar refractivity (Wildman–Crippen MR) is 64.4 cm³/mol. The highest BCUT2D eigenvalue weighted by atomic mass is 35.5. The highest BCUT2D eigenvalue weighted by Gasteiger charge is 2.08. The van der Waals surface area contributed by atoms with Crippen molar-refractivity contribution in [2.45, 2.75) is 13.8 Å². The predicted octanol–water partition coefficient (Wildman–Crippen LogP) is 2.01. The third kappa shape index (κ3) is 1.81. The fraction of sp³-hybridized carbons (Fsp3) is 0.200. The van der Waals surface area contributed by atoms with Gasteiger partial charge in [-0.05, 0) is 26.0 Å². The highest BCUT2D eigenvalue weighted by Crippen LogP contribution is 2.23. The standard InChI is InChI=1S/C10H12ClN5/c1-6-3-4-7(2)16(6)15-10-8(11)9(12)13-5-14-10/h3-5H,1-2H3,(H3,12,13,14,15). The van der Waals surface area contributed by atoms with Crippen LogP contribution in [0.1, 0.15) is 11.4 Å². The van der Waals surface area contributed by atoms with Gasteiger partial charge in [0.15, 0.2) is 5.82 Å². The highest BCUT2D eigenvalue weighted by molar-refractivity contribution is 6.35. The molecule has 0 bridgehead atoms. The van der Waals surface area contributed by atoms with E-state index >= 15 is 0 Å². The molecule has 0 aliphatic rings. The monoisotopic (exact) mass is 237 g/mol. The molecular weight excluding hydrogens is 226 g/mol. The van der Waals surface area contributed by atoms with Crippen molar-refractivity contribution in [2.24, 2.45) is 0 Å². The molecule has 0 unspecified atom stereocenters. The zero-order valence-corrected chi connectivity index (χ0v) is 9.78. The quantitative estimate of drug-likeness (QED) is 0.838. The Morgan fingerprint density at radius 1 is 1.25 bits per heavy atom. The van der Waals surface area contributed by atoms with E-state index in [0.29, 0.717) is 10.8 Å². The Morgan fingerprint density at radius 2 is 1.88 bits per heavy atom. The number of nitrogens with zero attached hydrogens (tertiary/aromatic N) is 3. The minimum atomic E-state index is 0.265. The summed E-state index contributed by atoms with van der Waals surface area (Å²) in [5.74, 6) is 0.762. The molecule has 0 atom stereocenters. The zero-order valence-electron chi connectivity index (χ0n) is 9.03. The molecule has 6 heteroatoms. The number of halogens is 1. The molecular formula is C10H12ClN5. The van der Waals surface area contributed by atoms with Crippen molar-refractivity contribution in [3.8, 4) is 0 Å². The van der Waals surface area contributed by atoms with E-state index in [9.17, 15) is 0 Å². The van der Waals surface area contributed by atoms with E-state index in [0.717, 1.165) is 11.4 Å². The normalized spacial score (nSPS) is 10.4. The lowest BCUT2D eigenvalue weighted by molar-refractivity contribution is 0.869. The number of hydrogen-bond acceptors (Lipinski definition) is 4. The molecule has 0 saturated carbocycles. The summed E-state index contributed by atoms with van der Waals surface area (Å²) < 4.78 is 1.88. The average Bonchev–Trinajstić information content (AvgIpc) is 2.56. The van der Waals surface area contributed by atoms with Crippen molar-refractivity contribution in [1.29, 1.82) is 0 Å². The molecule has 0 amide bonds. The Morgan fingerprint density at radius 3 is 2.50 bits per heavy atom. The molecule has 2 aromatic rings. The molecule has 0 saturated heterocycles. The van der Waals surface area contributed by atoms with Crippen LogP contribution in [0, 0.1) is 13.8 Å². The molecule has 0 spiro atoms. The summed E-state index contributed by atoms with van der Waals surface area (Å²) in [6, 6.07) is 4.00. The van der Waals surface area contributed by atoms with Crippen LogP contribution in [0.2, 0.25) is 5.02 Å². The SMILES string of the molecule is Cc1ccc(C)n1Nc1ncnc(N)c1Cl. The summed E-state index contributed by atoms with van der Waals surface area (Å²) in [6.45, 7) is 3.97. The van der Waals surface area contributed by atoms with Crippen LogP contribution in [0.5, 0.6) is 0 Å². The molecule has 0 aliphatic carbocycles. The van der Waals surface area contributed by atoms with Crippen molar-refractivity contribution in [1.82, 2.24) is 14.6 Å². The van der Waals surface area contributed by atoms with Crippen LogP contribution >= 0.6 is 11.6 Å². The van der Waals surface area contributed by atoms with E-state index in [1.54, 1.807) is 0 Å². The van der Waals surface area contributed by atoms with Gasteiger partial charge in [0.25, 0.3) is 0 Å². The zero-order chi connectivity index (χ0) is 11.7. The van der Waals surface area contributed by atoms with Crippen LogP contribution in [0.4, 0.5) is 11.6 Å². The summed E-state index contributed by atoms with van der Waals surface area (Å²) in [6.07, 6.45) is 1.37. The van der Waals surface area contributed by atoms with Gasteiger partial charge in [-0.3, -0.25) is 10.1 Å². The van der Waals surface area contributed by atoms with E-state index < -0.39 is 0 Å². The molecule has 0 aromatic carbocycles. The molecule has 2 rings (SSSR count). The Bertz CT molecular complexity index is 500. The summed E-state index contributed by atoms with van der Waals surface area (Å²) in [4.78, 5) is 7.84. The molecule has 84 valence electrons. The van der Waals surface area contributed by atoms with Crippen molar-refractivity contribution in [3.05, 3.63) is 34.9 Å². The van der Waals surface area contributed by atoms with Crippen LogP contribution < -0.4 is 11.2 Å². The van der Waals surface area contributed by atoms with Crippen LogP contribution in [0.25, 0.3) is 0 Å². The van der Waals surface area contributed by atoms with Gasteiger partial charge in [-0.15, -0.1) is 0 Å². The van der Waals surface area contributed by atoms with Gasteiger partial charge in [-0.1, -0.05) is 11.6 Å². The maximum Gasteiger partial charge on any atom is 0.169 e. The van der Waals surface area contributed by atoms with E-state index in [1.807, 2.05) is 30.7 Å². The molecule has 16 heavy (non-hydrogen) atoms. The minimum Gasteiger partial charge on any atom is -0.382 e.